The van der Waals surface area contributed by atoms with Gasteiger partial charge in [-0.25, -0.2) is 0 Å². The maximum Gasteiger partial charge on any atom is 0.229 e. The van der Waals surface area contributed by atoms with Gasteiger partial charge in [-0.05, 0) is 49.9 Å². The maximum atomic E-state index is 5.69. The topological polar surface area (TPSA) is 60.6 Å². The fraction of sp³-hybridized carbons (Fsp3) is 0.556. The summed E-state index contributed by atoms with van der Waals surface area (Å²) in [5, 5.41) is 4.25. The van der Waals surface area contributed by atoms with E-state index < -0.39 is 0 Å². The Hall–Kier alpha value is -2.08. The molecule has 0 bridgehead atoms. The largest absolute Gasteiger partial charge is 0.486 e. The fourth-order valence-corrected chi connectivity index (χ4v) is 3.61. The lowest BCUT2D eigenvalue weighted by molar-refractivity contribution is 0.170. The van der Waals surface area contributed by atoms with Crippen molar-refractivity contribution in [1.29, 1.82) is 0 Å². The number of likely N-dealkylation sites (tertiary alicyclic amines) is 1. The van der Waals surface area contributed by atoms with E-state index in [0.717, 1.165) is 42.7 Å². The third-order valence-electron chi connectivity index (χ3n) is 5.04. The van der Waals surface area contributed by atoms with Crippen molar-refractivity contribution in [2.75, 3.05) is 19.8 Å². The van der Waals surface area contributed by atoms with Gasteiger partial charge in [0, 0.05) is 12.5 Å². The van der Waals surface area contributed by atoms with Crippen LogP contribution in [0.5, 0.6) is 11.5 Å². The highest BCUT2D eigenvalue weighted by Crippen LogP contribution is 2.40. The summed E-state index contributed by atoms with van der Waals surface area (Å²) in [4.78, 5) is 7.09. The Kier molecular flexibility index (Phi) is 3.43. The zero-order chi connectivity index (χ0) is 15.9. The predicted octanol–water partition coefficient (Wildman–Crippen LogP) is 3.06. The Morgan fingerprint density at radius 2 is 1.96 bits per heavy atom. The van der Waals surface area contributed by atoms with Gasteiger partial charge in [0.2, 0.25) is 5.89 Å². The number of ether oxygens (including phenoxy) is 2. The van der Waals surface area contributed by atoms with Crippen LogP contribution in [0.25, 0.3) is 0 Å². The highest BCUT2D eigenvalue weighted by atomic mass is 16.6. The monoisotopic (exact) mass is 327 g/mol. The molecule has 0 amide bonds. The number of hydrogen-bond acceptors (Lipinski definition) is 6. The Bertz CT molecular complexity index is 741. The molecule has 2 fully saturated rings. The number of fused-ring (bicyclic) bond motifs is 1. The molecule has 1 aromatic heterocycles. The van der Waals surface area contributed by atoms with Crippen LogP contribution in [0.4, 0.5) is 0 Å². The molecule has 0 unspecified atom stereocenters. The molecular formula is C18H21N3O3. The van der Waals surface area contributed by atoms with Gasteiger partial charge in [-0.3, -0.25) is 4.90 Å². The van der Waals surface area contributed by atoms with Crippen LogP contribution < -0.4 is 9.47 Å². The summed E-state index contributed by atoms with van der Waals surface area (Å²) < 4.78 is 16.7. The molecule has 2 aromatic rings. The average molecular weight is 327 g/mol. The van der Waals surface area contributed by atoms with E-state index in [-0.39, 0.29) is 6.04 Å². The molecule has 3 aliphatic rings. The normalized spacial score (nSPS) is 23.6. The molecule has 1 saturated carbocycles. The molecule has 0 N–H and O–H groups in total. The Morgan fingerprint density at radius 1 is 1.08 bits per heavy atom. The van der Waals surface area contributed by atoms with Gasteiger partial charge in [-0.2, -0.15) is 4.98 Å². The smallest absolute Gasteiger partial charge is 0.229 e. The van der Waals surface area contributed by atoms with Gasteiger partial charge in [0.15, 0.2) is 17.3 Å². The van der Waals surface area contributed by atoms with Crippen molar-refractivity contribution in [3.05, 3.63) is 35.5 Å². The van der Waals surface area contributed by atoms with Crippen molar-refractivity contribution in [2.24, 2.45) is 0 Å². The van der Waals surface area contributed by atoms with Gasteiger partial charge in [0.25, 0.3) is 0 Å². The minimum atomic E-state index is 0.259. The van der Waals surface area contributed by atoms with Gasteiger partial charge < -0.3 is 14.0 Å². The summed E-state index contributed by atoms with van der Waals surface area (Å²) in [5.41, 5.74) is 1.23. The average Bonchev–Trinajstić information content (AvgIpc) is 3.16. The maximum absolute atomic E-state index is 5.69. The number of nitrogens with zero attached hydrogens (tertiary/aromatic N) is 3. The summed E-state index contributed by atoms with van der Waals surface area (Å²) in [5.74, 6) is 3.89. The standard InChI is InChI=1S/C18H21N3O3/c1-2-14(17-19-18(24-20-17)13-4-5-13)21(7-1)11-12-3-6-15-16(10-12)23-9-8-22-15/h3,6,10,13-14H,1-2,4-5,7-9,11H2/t14-/m1/s1. The van der Waals surface area contributed by atoms with Gasteiger partial charge >= 0.3 is 0 Å². The minimum absolute atomic E-state index is 0.259. The molecule has 0 radical (unpaired) electrons. The van der Waals surface area contributed by atoms with E-state index in [9.17, 15) is 0 Å². The van der Waals surface area contributed by atoms with Crippen molar-refractivity contribution >= 4 is 0 Å². The Labute approximate surface area is 140 Å². The van der Waals surface area contributed by atoms with E-state index in [1.54, 1.807) is 0 Å². The van der Waals surface area contributed by atoms with Gasteiger partial charge in [-0.1, -0.05) is 11.2 Å². The number of aromatic nitrogens is 2. The molecule has 2 aliphatic heterocycles. The zero-order valence-corrected chi connectivity index (χ0v) is 13.6. The summed E-state index contributed by atoms with van der Waals surface area (Å²) in [7, 11) is 0. The van der Waals surface area contributed by atoms with Crippen molar-refractivity contribution in [1.82, 2.24) is 15.0 Å². The number of rotatable bonds is 4. The SMILES string of the molecule is c1cc2c(cc1CN1CCC[C@@H]1c1noc(C3CC3)n1)OCCO2. The third kappa shape index (κ3) is 2.65. The lowest BCUT2D eigenvalue weighted by atomic mass is 10.1. The molecule has 1 saturated heterocycles. The first-order valence-corrected chi connectivity index (χ1v) is 8.83. The van der Waals surface area contributed by atoms with Crippen LogP contribution in [0.1, 0.15) is 54.9 Å². The molecule has 6 heteroatoms. The van der Waals surface area contributed by atoms with E-state index in [4.69, 9.17) is 14.0 Å². The minimum Gasteiger partial charge on any atom is -0.486 e. The van der Waals surface area contributed by atoms with Gasteiger partial charge in [0.1, 0.15) is 13.2 Å². The van der Waals surface area contributed by atoms with E-state index >= 15 is 0 Å². The van der Waals surface area contributed by atoms with E-state index in [1.807, 2.05) is 6.07 Å². The quantitative estimate of drug-likeness (QED) is 0.860. The summed E-state index contributed by atoms with van der Waals surface area (Å²) in [6.45, 7) is 3.18. The summed E-state index contributed by atoms with van der Waals surface area (Å²) in [6, 6.07) is 6.48. The first kappa shape index (κ1) is 14.3. The molecule has 3 heterocycles. The predicted molar refractivity (Wildman–Crippen MR) is 86.1 cm³/mol. The molecular weight excluding hydrogens is 306 g/mol. The van der Waals surface area contributed by atoms with Gasteiger partial charge in [0.05, 0.1) is 6.04 Å². The molecule has 24 heavy (non-hydrogen) atoms. The van der Waals surface area contributed by atoms with E-state index in [0.29, 0.717) is 19.1 Å². The van der Waals surface area contributed by atoms with Crippen LogP contribution in [0.2, 0.25) is 0 Å². The first-order chi connectivity index (χ1) is 11.9. The number of benzene rings is 1. The molecule has 5 rings (SSSR count). The van der Waals surface area contributed by atoms with Crippen molar-refractivity contribution in [3.63, 3.8) is 0 Å². The van der Waals surface area contributed by atoms with Crippen molar-refractivity contribution < 1.29 is 14.0 Å². The second-order valence-corrected chi connectivity index (χ2v) is 6.87. The fourth-order valence-electron chi connectivity index (χ4n) is 3.61. The van der Waals surface area contributed by atoms with Crippen molar-refractivity contribution in [2.45, 2.75) is 44.2 Å². The molecule has 6 nitrogen and oxygen atoms in total. The van der Waals surface area contributed by atoms with Crippen LogP contribution in [-0.2, 0) is 6.54 Å². The van der Waals surface area contributed by atoms with Crippen LogP contribution in [0.3, 0.4) is 0 Å². The highest BCUT2D eigenvalue weighted by Gasteiger charge is 2.34. The highest BCUT2D eigenvalue weighted by molar-refractivity contribution is 5.43. The molecule has 126 valence electrons. The van der Waals surface area contributed by atoms with Gasteiger partial charge in [-0.15, -0.1) is 0 Å². The molecule has 1 atom stereocenters. The lowest BCUT2D eigenvalue weighted by Crippen LogP contribution is -2.24. The van der Waals surface area contributed by atoms with Crippen molar-refractivity contribution in [3.8, 4) is 11.5 Å². The third-order valence-corrected chi connectivity index (χ3v) is 5.04. The number of hydrogen-bond donors (Lipinski definition) is 0. The van der Waals surface area contributed by atoms with Crippen LogP contribution in [0, 0.1) is 0 Å². The second-order valence-electron chi connectivity index (χ2n) is 6.87. The second kappa shape index (κ2) is 5.77. The van der Waals surface area contributed by atoms with E-state index in [2.05, 4.69) is 27.2 Å². The van der Waals surface area contributed by atoms with Crippen LogP contribution in [0.15, 0.2) is 22.7 Å². The zero-order valence-electron chi connectivity index (χ0n) is 13.6. The lowest BCUT2D eigenvalue weighted by Gasteiger charge is -2.23. The summed E-state index contributed by atoms with van der Waals surface area (Å²) >= 11 is 0. The first-order valence-electron chi connectivity index (χ1n) is 8.83. The Balaban J connectivity index is 1.33. The molecule has 1 aromatic carbocycles. The van der Waals surface area contributed by atoms with Crippen LogP contribution in [-0.4, -0.2) is 34.8 Å². The molecule has 0 spiro atoms. The van der Waals surface area contributed by atoms with Crippen LogP contribution >= 0.6 is 0 Å². The molecule has 1 aliphatic carbocycles. The Morgan fingerprint density at radius 3 is 2.83 bits per heavy atom. The summed E-state index contributed by atoms with van der Waals surface area (Å²) in [6.07, 6.45) is 4.64. The van der Waals surface area contributed by atoms with E-state index in [1.165, 1.54) is 24.8 Å².